The molecule has 0 amide bonds. The van der Waals surface area contributed by atoms with Gasteiger partial charge in [0.25, 0.3) is 0 Å². The number of sulfonamides is 2. The van der Waals surface area contributed by atoms with Crippen molar-refractivity contribution < 1.29 is 61.0 Å². The van der Waals surface area contributed by atoms with Gasteiger partial charge in [-0.1, -0.05) is 6.92 Å². The Bertz CT molecular complexity index is 901. The molecule has 1 aromatic rings. The number of aromatic nitrogens is 1. The first-order valence-corrected chi connectivity index (χ1v) is 14.2. The van der Waals surface area contributed by atoms with Crippen LogP contribution in [0, 0.1) is 0 Å². The zero-order chi connectivity index (χ0) is 26.8. The highest BCUT2D eigenvalue weighted by Gasteiger charge is 2.47. The van der Waals surface area contributed by atoms with E-state index >= 15 is 0 Å². The Balaban J connectivity index is 0.000000661. The summed E-state index contributed by atoms with van der Waals surface area (Å²) in [6, 6.07) is 5.22. The summed E-state index contributed by atoms with van der Waals surface area (Å²) in [6.07, 6.45) is 7.52. The van der Waals surface area contributed by atoms with Gasteiger partial charge in [0, 0.05) is 45.9 Å². The fraction of sp³-hybridized carbons (Fsp3) is 0.688. The van der Waals surface area contributed by atoms with E-state index < -0.39 is 39.9 Å². The lowest BCUT2D eigenvalue weighted by Crippen LogP contribution is -2.42. The van der Waals surface area contributed by atoms with Crippen molar-refractivity contribution in [3.05, 3.63) is 34.2 Å². The van der Waals surface area contributed by atoms with Crippen LogP contribution in [-0.2, 0) is 46.3 Å². The molecule has 0 saturated heterocycles. The van der Waals surface area contributed by atoms with Crippen LogP contribution in [0.15, 0.2) is 24.5 Å². The maximum Gasteiger partial charge on any atom is 0.500 e. The zero-order valence-corrected chi connectivity index (χ0v) is 21.3. The summed E-state index contributed by atoms with van der Waals surface area (Å²) in [4.78, 5) is 0. The van der Waals surface area contributed by atoms with E-state index in [9.17, 15) is 43.2 Å². The molecule has 0 radical (unpaired) electrons. The molecule has 9 nitrogen and oxygen atoms in total. The number of halogens is 6. The van der Waals surface area contributed by atoms with Crippen molar-refractivity contribution in [3.63, 3.8) is 0 Å². The van der Waals surface area contributed by atoms with Crippen LogP contribution in [-0.4, -0.2) is 58.0 Å². The fourth-order valence-electron chi connectivity index (χ4n) is 2.28. The molecule has 0 atom stereocenters. The lowest BCUT2D eigenvalue weighted by atomic mass is 10.2. The monoisotopic (exact) mass is 564 g/mol. The van der Waals surface area contributed by atoms with Gasteiger partial charge >= 0.3 is 19.8 Å². The molecule has 1 aromatic heterocycles. The van der Waals surface area contributed by atoms with Crippen LogP contribution in [0.2, 0.25) is 6.04 Å². The number of aryl methyl sites for hydroxylation is 2. The quantitative estimate of drug-likeness (QED) is 0.175. The predicted octanol–water partition coefficient (Wildman–Crippen LogP) is 3.25. The van der Waals surface area contributed by atoms with Crippen molar-refractivity contribution in [2.24, 2.45) is 0 Å². The Morgan fingerprint density at radius 1 is 0.853 bits per heavy atom. The number of hydrogen-bond donors (Lipinski definition) is 0. The molecule has 0 aromatic carbocycles. The second-order valence-corrected chi connectivity index (χ2v) is 13.0. The molecule has 0 saturated carbocycles. The highest BCUT2D eigenvalue weighted by Crippen LogP contribution is 2.36. The first kappa shape index (κ1) is 32.7. The SMILES string of the molecule is CCc1cc[n+](CCCC[Si](OC)(OC)OC)cc1.O=S(=O)([N-]S(=O)(=O)C(F)(F)F)C(F)(F)F. The van der Waals surface area contributed by atoms with Crippen molar-refractivity contribution >= 4 is 28.9 Å². The van der Waals surface area contributed by atoms with Crippen LogP contribution in [0.4, 0.5) is 26.3 Å². The van der Waals surface area contributed by atoms with Crippen molar-refractivity contribution in [3.8, 4) is 0 Å². The lowest BCUT2D eigenvalue weighted by Gasteiger charge is -2.23. The molecule has 0 bridgehead atoms. The fourth-order valence-corrected chi connectivity index (χ4v) is 5.78. The lowest BCUT2D eigenvalue weighted by molar-refractivity contribution is -0.697. The van der Waals surface area contributed by atoms with Crippen molar-refractivity contribution in [1.29, 1.82) is 0 Å². The Kier molecular flexibility index (Phi) is 12.6. The van der Waals surface area contributed by atoms with Gasteiger partial charge in [-0.25, -0.2) is 21.4 Å². The van der Waals surface area contributed by atoms with Crippen molar-refractivity contribution in [1.82, 2.24) is 0 Å². The standard InChI is InChI=1S/C14H26NO3Si.C2F6NO4S2/c1-5-14-8-11-15(12-9-14)10-6-7-13-19(16-2,17-3)18-4;3-1(4,5)14(10,11)9-15(12,13)2(6,7)8/h8-9,11-12H,5-7,10,13H2,1-4H3;/q+1;-1. The third kappa shape index (κ3) is 10.1. The van der Waals surface area contributed by atoms with E-state index in [0.717, 1.165) is 36.0 Å². The second kappa shape index (κ2) is 13.1. The van der Waals surface area contributed by atoms with Crippen LogP contribution in [0.1, 0.15) is 25.3 Å². The largest absolute Gasteiger partial charge is 0.500 e. The van der Waals surface area contributed by atoms with Gasteiger partial charge in [-0.3, -0.25) is 0 Å². The number of pyridine rings is 1. The van der Waals surface area contributed by atoms with Gasteiger partial charge in [-0.15, -0.1) is 0 Å². The molecular weight excluding hydrogens is 538 g/mol. The Labute approximate surface area is 195 Å². The van der Waals surface area contributed by atoms with Crippen LogP contribution in [0.3, 0.4) is 0 Å². The zero-order valence-electron chi connectivity index (χ0n) is 18.7. The van der Waals surface area contributed by atoms with E-state index in [1.807, 2.05) is 0 Å². The molecule has 0 N–H and O–H groups in total. The molecule has 0 aliphatic rings. The normalized spacial score (nSPS) is 13.4. The van der Waals surface area contributed by atoms with E-state index in [2.05, 4.69) is 36.0 Å². The number of unbranched alkanes of at least 4 members (excludes halogenated alkanes) is 1. The molecule has 0 spiro atoms. The van der Waals surface area contributed by atoms with Crippen LogP contribution in [0.5, 0.6) is 0 Å². The van der Waals surface area contributed by atoms with Crippen LogP contribution in [0.25, 0.3) is 4.13 Å². The molecular formula is C16H26F6N2O7S2Si. The molecule has 0 fully saturated rings. The molecule has 18 heteroatoms. The maximum atomic E-state index is 11.4. The second-order valence-electron chi connectivity index (χ2n) is 6.47. The summed E-state index contributed by atoms with van der Waals surface area (Å²) in [6.45, 7) is 3.19. The van der Waals surface area contributed by atoms with Gasteiger partial charge in [0.15, 0.2) is 32.4 Å². The topological polar surface area (TPSA) is 114 Å². The third-order valence-corrected chi connectivity index (χ3v) is 9.80. The number of nitrogens with zero attached hydrogens (tertiary/aromatic N) is 2. The van der Waals surface area contributed by atoms with Gasteiger partial charge in [0.1, 0.15) is 6.54 Å². The van der Waals surface area contributed by atoms with Gasteiger partial charge in [-0.05, 0) is 18.4 Å². The number of alkyl halides is 6. The smallest absolute Gasteiger partial charge is 0.421 e. The molecule has 34 heavy (non-hydrogen) atoms. The number of hydrogen-bond acceptors (Lipinski definition) is 7. The van der Waals surface area contributed by atoms with Gasteiger partial charge in [-0.2, -0.15) is 26.3 Å². The van der Waals surface area contributed by atoms with E-state index in [4.69, 9.17) is 13.3 Å². The average molecular weight is 565 g/mol. The third-order valence-electron chi connectivity index (χ3n) is 4.23. The molecule has 0 aliphatic carbocycles. The summed E-state index contributed by atoms with van der Waals surface area (Å²) < 4.78 is 128. The highest BCUT2D eigenvalue weighted by molar-refractivity contribution is 8.13. The minimum absolute atomic E-state index is 0.778. The maximum absolute atomic E-state index is 11.4. The molecule has 1 rings (SSSR count). The Morgan fingerprint density at radius 3 is 1.59 bits per heavy atom. The first-order valence-electron chi connectivity index (χ1n) is 9.40. The Morgan fingerprint density at radius 2 is 1.26 bits per heavy atom. The predicted molar refractivity (Wildman–Crippen MR) is 110 cm³/mol. The minimum Gasteiger partial charge on any atom is -0.421 e. The summed E-state index contributed by atoms with van der Waals surface area (Å²) in [5, 5.41) is 0. The van der Waals surface area contributed by atoms with Gasteiger partial charge in [0.2, 0.25) is 0 Å². The van der Waals surface area contributed by atoms with E-state index in [1.165, 1.54) is 5.56 Å². The van der Waals surface area contributed by atoms with E-state index in [0.29, 0.717) is 0 Å². The average Bonchev–Trinajstić information content (AvgIpc) is 2.73. The first-order chi connectivity index (χ1) is 15.4. The van der Waals surface area contributed by atoms with Crippen molar-refractivity contribution in [2.45, 2.75) is 49.8 Å². The molecule has 1 heterocycles. The van der Waals surface area contributed by atoms with Crippen molar-refractivity contribution in [2.75, 3.05) is 21.3 Å². The summed E-state index contributed by atoms with van der Waals surface area (Å²) >= 11 is 0. The van der Waals surface area contributed by atoms with E-state index in [1.54, 1.807) is 21.3 Å². The highest BCUT2D eigenvalue weighted by atomic mass is 32.3. The summed E-state index contributed by atoms with van der Waals surface area (Å²) in [5.74, 6) is 0. The minimum atomic E-state index is -6.72. The van der Waals surface area contributed by atoms with Gasteiger partial charge in [0.05, 0.1) is 0 Å². The summed E-state index contributed by atoms with van der Waals surface area (Å²) in [5.41, 5.74) is -11.0. The van der Waals surface area contributed by atoms with E-state index in [-0.39, 0.29) is 0 Å². The Hall–Kier alpha value is -1.31. The molecule has 200 valence electrons. The molecule has 0 aliphatic heterocycles. The summed E-state index contributed by atoms with van der Waals surface area (Å²) in [7, 11) is -10.8. The van der Waals surface area contributed by atoms with Crippen LogP contribution < -0.4 is 4.57 Å². The van der Waals surface area contributed by atoms with Crippen LogP contribution >= 0.6 is 0 Å². The molecule has 0 unspecified atom stereocenters. The number of rotatable bonds is 11. The van der Waals surface area contributed by atoms with Gasteiger partial charge < -0.3 is 17.4 Å².